The van der Waals surface area contributed by atoms with E-state index in [0.29, 0.717) is 22.0 Å². The van der Waals surface area contributed by atoms with Crippen LogP contribution in [-0.4, -0.2) is 29.2 Å². The Kier molecular flexibility index (Phi) is 5.05. The monoisotopic (exact) mass is 322 g/mol. The van der Waals surface area contributed by atoms with Gasteiger partial charge in [0.25, 0.3) is 0 Å². The van der Waals surface area contributed by atoms with Crippen LogP contribution >= 0.6 is 0 Å². The Morgan fingerprint density at radius 2 is 1.64 bits per heavy atom. The first kappa shape index (κ1) is 16.3. The number of benzene rings is 2. The summed E-state index contributed by atoms with van der Waals surface area (Å²) >= 11 is 0. The van der Waals surface area contributed by atoms with Crippen molar-refractivity contribution in [3.05, 3.63) is 54.1 Å². The van der Waals surface area contributed by atoms with Crippen molar-refractivity contribution >= 4 is 9.84 Å². The average molecular weight is 322 g/mol. The van der Waals surface area contributed by atoms with E-state index < -0.39 is 15.1 Å². The molecule has 118 valence electrons. The molecule has 3 N–H and O–H groups in total. The normalized spacial score (nSPS) is 12.7. The van der Waals surface area contributed by atoms with Crippen molar-refractivity contribution in [3.8, 4) is 11.5 Å². The molecule has 6 heteroatoms. The molecular weight excluding hydrogens is 302 g/mol. The maximum absolute atomic E-state index is 12.8. The summed E-state index contributed by atoms with van der Waals surface area (Å²) in [7, 11) is -0.448. The van der Waals surface area contributed by atoms with Gasteiger partial charge in [-0.05, 0) is 29.8 Å². The predicted octanol–water partition coefficient (Wildman–Crippen LogP) is 1.46. The van der Waals surface area contributed by atoms with E-state index in [1.807, 2.05) is 0 Å². The number of methoxy groups -OCH3 is 2. The molecule has 2 rings (SSSR count). The van der Waals surface area contributed by atoms with Crippen molar-refractivity contribution in [1.29, 1.82) is 0 Å². The van der Waals surface area contributed by atoms with Crippen molar-refractivity contribution in [2.24, 2.45) is 0 Å². The Labute approximate surface area is 130 Å². The van der Waals surface area contributed by atoms with Gasteiger partial charge in [-0.3, -0.25) is 0 Å². The highest BCUT2D eigenvalue weighted by atomic mass is 32.2. The van der Waals surface area contributed by atoms with Crippen LogP contribution in [0, 0.1) is 0 Å². The van der Waals surface area contributed by atoms with Gasteiger partial charge in [-0.2, -0.15) is 0 Å². The maximum atomic E-state index is 12.8. The quantitative estimate of drug-likeness (QED) is 0.873. The van der Waals surface area contributed by atoms with Crippen LogP contribution in [-0.2, 0) is 9.84 Å². The first-order chi connectivity index (χ1) is 10.5. The third-order valence-electron chi connectivity index (χ3n) is 3.49. The van der Waals surface area contributed by atoms with Gasteiger partial charge in [0.15, 0.2) is 21.3 Å². The molecule has 0 aliphatic rings. The molecule has 0 radical (unpaired) electrons. The smallest absolute Gasteiger partial charge is 0.190 e. The Hall–Kier alpha value is -2.05. The minimum atomic E-state index is -3.51. The molecular formula is C16H20NO4S+. The summed E-state index contributed by atoms with van der Waals surface area (Å²) in [6.45, 7) is 0.229. The van der Waals surface area contributed by atoms with Gasteiger partial charge in [-0.1, -0.05) is 24.3 Å². The fraction of sp³-hybridized carbons (Fsp3) is 0.250. The molecule has 5 nitrogen and oxygen atoms in total. The lowest BCUT2D eigenvalue weighted by molar-refractivity contribution is -0.367. The number of rotatable bonds is 6. The van der Waals surface area contributed by atoms with Crippen LogP contribution in [0.3, 0.4) is 0 Å². The van der Waals surface area contributed by atoms with Gasteiger partial charge in [0.1, 0.15) is 5.25 Å². The van der Waals surface area contributed by atoms with E-state index in [1.165, 1.54) is 14.2 Å². The molecule has 0 heterocycles. The summed E-state index contributed by atoms with van der Waals surface area (Å²) in [6, 6.07) is 13.5. The third-order valence-corrected chi connectivity index (χ3v) is 5.67. The molecule has 0 aromatic heterocycles. The molecule has 0 amide bonds. The molecule has 0 aliphatic carbocycles. The van der Waals surface area contributed by atoms with E-state index in [9.17, 15) is 8.42 Å². The SMILES string of the molecule is COc1ccc([C@@H](C[NH3+])S(=O)(=O)c2ccccc2)cc1OC. The predicted molar refractivity (Wildman–Crippen MR) is 83.7 cm³/mol. The first-order valence-corrected chi connectivity index (χ1v) is 8.39. The van der Waals surface area contributed by atoms with E-state index in [4.69, 9.17) is 9.47 Å². The lowest BCUT2D eigenvalue weighted by Crippen LogP contribution is -2.54. The van der Waals surface area contributed by atoms with E-state index in [2.05, 4.69) is 5.73 Å². The van der Waals surface area contributed by atoms with Gasteiger partial charge in [0, 0.05) is 0 Å². The van der Waals surface area contributed by atoms with Crippen LogP contribution in [0.2, 0.25) is 0 Å². The molecule has 0 spiro atoms. The highest BCUT2D eigenvalue weighted by molar-refractivity contribution is 7.91. The summed E-state index contributed by atoms with van der Waals surface area (Å²) in [5.41, 5.74) is 4.44. The average Bonchev–Trinajstić information content (AvgIpc) is 2.56. The van der Waals surface area contributed by atoms with Crippen LogP contribution in [0.1, 0.15) is 10.8 Å². The van der Waals surface area contributed by atoms with Gasteiger partial charge in [-0.15, -0.1) is 0 Å². The summed E-state index contributed by atoms with van der Waals surface area (Å²) in [4.78, 5) is 0.290. The number of ether oxygens (including phenoxy) is 2. The summed E-state index contributed by atoms with van der Waals surface area (Å²) < 4.78 is 36.0. The molecule has 2 aromatic carbocycles. The molecule has 22 heavy (non-hydrogen) atoms. The lowest BCUT2D eigenvalue weighted by Gasteiger charge is -2.16. The van der Waals surface area contributed by atoms with Gasteiger partial charge in [0.2, 0.25) is 0 Å². The van der Waals surface area contributed by atoms with Crippen molar-refractivity contribution in [1.82, 2.24) is 0 Å². The summed E-state index contributed by atoms with van der Waals surface area (Å²) in [6.07, 6.45) is 0. The molecule has 0 saturated heterocycles. The van der Waals surface area contributed by atoms with Gasteiger partial charge in [0.05, 0.1) is 25.7 Å². The zero-order valence-electron chi connectivity index (χ0n) is 12.7. The van der Waals surface area contributed by atoms with E-state index >= 15 is 0 Å². The second-order valence-corrected chi connectivity index (χ2v) is 6.88. The summed E-state index contributed by atoms with van der Waals surface area (Å²) in [5.74, 6) is 1.06. The zero-order chi connectivity index (χ0) is 16.2. The number of hydrogen-bond acceptors (Lipinski definition) is 4. The van der Waals surface area contributed by atoms with Gasteiger partial charge < -0.3 is 15.2 Å². The highest BCUT2D eigenvalue weighted by Gasteiger charge is 2.30. The van der Waals surface area contributed by atoms with Crippen molar-refractivity contribution in [2.75, 3.05) is 20.8 Å². The molecule has 1 atom stereocenters. The Morgan fingerprint density at radius 3 is 2.18 bits per heavy atom. The molecule has 0 fully saturated rings. The van der Waals surface area contributed by atoms with E-state index in [-0.39, 0.29) is 6.54 Å². The van der Waals surface area contributed by atoms with Gasteiger partial charge >= 0.3 is 0 Å². The van der Waals surface area contributed by atoms with Crippen LogP contribution in [0.4, 0.5) is 0 Å². The fourth-order valence-corrected chi connectivity index (χ4v) is 4.01. The zero-order valence-corrected chi connectivity index (χ0v) is 13.5. The maximum Gasteiger partial charge on any atom is 0.190 e. The topological polar surface area (TPSA) is 80.2 Å². The van der Waals surface area contributed by atoms with Crippen LogP contribution < -0.4 is 15.2 Å². The fourth-order valence-electron chi connectivity index (χ4n) is 2.33. The minimum absolute atomic E-state index is 0.229. The number of sulfone groups is 1. The van der Waals surface area contributed by atoms with E-state index in [0.717, 1.165) is 0 Å². The van der Waals surface area contributed by atoms with Crippen molar-refractivity contribution in [2.45, 2.75) is 10.1 Å². The summed E-state index contributed by atoms with van der Waals surface area (Å²) in [5, 5.41) is -0.727. The Morgan fingerprint density at radius 1 is 1.00 bits per heavy atom. The van der Waals surface area contributed by atoms with Crippen LogP contribution in [0.5, 0.6) is 11.5 Å². The Balaban J connectivity index is 2.49. The lowest BCUT2D eigenvalue weighted by atomic mass is 10.1. The molecule has 0 bridgehead atoms. The van der Waals surface area contributed by atoms with Gasteiger partial charge in [-0.25, -0.2) is 8.42 Å². The minimum Gasteiger partial charge on any atom is -0.493 e. The number of hydrogen-bond donors (Lipinski definition) is 1. The standard InChI is InChI=1S/C16H19NO4S/c1-20-14-9-8-12(10-15(14)21-2)16(11-17)22(18,19)13-6-4-3-5-7-13/h3-10,16H,11,17H2,1-2H3/p+1/t16-/m1/s1. The molecule has 0 unspecified atom stereocenters. The third kappa shape index (κ3) is 3.08. The second kappa shape index (κ2) is 6.81. The van der Waals surface area contributed by atoms with Crippen LogP contribution in [0.15, 0.2) is 53.4 Å². The molecule has 0 saturated carbocycles. The molecule has 2 aromatic rings. The second-order valence-electron chi connectivity index (χ2n) is 4.75. The number of quaternary nitrogens is 1. The first-order valence-electron chi connectivity index (χ1n) is 6.84. The Bertz CT molecular complexity index is 729. The van der Waals surface area contributed by atoms with E-state index in [1.54, 1.807) is 48.5 Å². The largest absolute Gasteiger partial charge is 0.493 e. The van der Waals surface area contributed by atoms with Crippen molar-refractivity contribution < 1.29 is 23.6 Å². The van der Waals surface area contributed by atoms with Crippen molar-refractivity contribution in [3.63, 3.8) is 0 Å². The molecule has 0 aliphatic heterocycles. The van der Waals surface area contributed by atoms with Crippen LogP contribution in [0.25, 0.3) is 0 Å². The highest BCUT2D eigenvalue weighted by Crippen LogP contribution is 2.34.